The van der Waals surface area contributed by atoms with Gasteiger partial charge in [0.2, 0.25) is 5.91 Å². The van der Waals surface area contributed by atoms with Gasteiger partial charge in [0, 0.05) is 12.5 Å². The molecule has 2 amide bonds. The number of anilines is 1. The lowest BCUT2D eigenvalue weighted by Gasteiger charge is -2.35. The predicted octanol–water partition coefficient (Wildman–Crippen LogP) is 1.51. The Morgan fingerprint density at radius 1 is 1.07 bits per heavy atom. The van der Waals surface area contributed by atoms with E-state index < -0.39 is 0 Å². The fourth-order valence-corrected chi connectivity index (χ4v) is 3.67. The summed E-state index contributed by atoms with van der Waals surface area (Å²) in [5.41, 5.74) is 1.65. The van der Waals surface area contributed by atoms with Crippen molar-refractivity contribution in [1.82, 2.24) is 4.90 Å². The Balaban J connectivity index is 1.82. The maximum atomic E-state index is 13.3. The third-order valence-corrected chi connectivity index (χ3v) is 5.10. The molecule has 1 heterocycles. The maximum absolute atomic E-state index is 13.3. The first kappa shape index (κ1) is 19.9. The van der Waals surface area contributed by atoms with Gasteiger partial charge in [0.1, 0.15) is 5.75 Å². The summed E-state index contributed by atoms with van der Waals surface area (Å²) >= 11 is 0. The van der Waals surface area contributed by atoms with Gasteiger partial charge in [0.05, 0.1) is 38.5 Å². The highest BCUT2D eigenvalue weighted by Gasteiger charge is 2.35. The van der Waals surface area contributed by atoms with Gasteiger partial charge < -0.3 is 19.9 Å². The Morgan fingerprint density at radius 2 is 1.71 bits per heavy atom. The average molecular weight is 382 g/mol. The first-order valence-corrected chi connectivity index (χ1v) is 9.78. The third-order valence-electron chi connectivity index (χ3n) is 5.10. The molecule has 2 aromatic rings. The van der Waals surface area contributed by atoms with Crippen LogP contribution in [-0.4, -0.2) is 49.5 Å². The van der Waals surface area contributed by atoms with Crippen LogP contribution in [0.15, 0.2) is 54.6 Å². The molecule has 0 saturated carbocycles. The zero-order valence-corrected chi connectivity index (χ0v) is 16.5. The van der Waals surface area contributed by atoms with Gasteiger partial charge in [-0.1, -0.05) is 42.5 Å². The minimum Gasteiger partial charge on any atom is -0.492 e. The van der Waals surface area contributed by atoms with Gasteiger partial charge in [-0.25, -0.2) is 0 Å². The number of ether oxygens (including phenoxy) is 1. The Kier molecular flexibility index (Phi) is 6.66. The summed E-state index contributed by atoms with van der Waals surface area (Å²) in [4.78, 5) is 28.0. The predicted molar refractivity (Wildman–Crippen MR) is 108 cm³/mol. The van der Waals surface area contributed by atoms with E-state index >= 15 is 0 Å². The Bertz CT molecular complexity index is 802. The van der Waals surface area contributed by atoms with E-state index in [0.717, 1.165) is 23.6 Å². The number of amides is 2. The molecule has 0 aliphatic carbocycles. The Hall–Kier alpha value is -2.86. The van der Waals surface area contributed by atoms with Gasteiger partial charge in [0.25, 0.3) is 5.91 Å². The van der Waals surface area contributed by atoms with Gasteiger partial charge in [0.15, 0.2) is 6.04 Å². The zero-order chi connectivity index (χ0) is 19.9. The van der Waals surface area contributed by atoms with Crippen molar-refractivity contribution in [2.75, 3.05) is 38.1 Å². The van der Waals surface area contributed by atoms with Crippen LogP contribution in [0.1, 0.15) is 25.5 Å². The van der Waals surface area contributed by atoms with Crippen LogP contribution in [0.2, 0.25) is 0 Å². The number of nitrogens with zero attached hydrogens (tertiary/aromatic N) is 1. The summed E-state index contributed by atoms with van der Waals surface area (Å²) in [6, 6.07) is 17.0. The van der Waals surface area contributed by atoms with Crippen LogP contribution in [0.5, 0.6) is 5.75 Å². The average Bonchev–Trinajstić information content (AvgIpc) is 2.71. The summed E-state index contributed by atoms with van der Waals surface area (Å²) in [7, 11) is 0. The number of benzene rings is 2. The summed E-state index contributed by atoms with van der Waals surface area (Å²) < 4.78 is 5.64. The number of piperazine rings is 1. The molecule has 3 rings (SSSR count). The number of carbonyl (C=O) groups excluding carboxylic acids is 2. The second kappa shape index (κ2) is 9.37. The standard InChI is InChI=1S/C22H27N3O3/c1-3-28-20-12-8-7-11-19(20)23-22(27)21(18-9-5-4-6-10-18)25-15-13-24(14-16-25)17(2)26/h4-12,21H,3,13-16H2,1-2H3,(H,23,27)/p+1/t21-/m0/s1. The third kappa shape index (κ3) is 4.70. The zero-order valence-electron chi connectivity index (χ0n) is 16.5. The van der Waals surface area contributed by atoms with Crippen LogP contribution in [0.4, 0.5) is 5.69 Å². The molecule has 0 aromatic heterocycles. The fraction of sp³-hybridized carbons (Fsp3) is 0.364. The first-order valence-electron chi connectivity index (χ1n) is 9.78. The summed E-state index contributed by atoms with van der Waals surface area (Å²) in [5, 5.41) is 3.06. The van der Waals surface area contributed by atoms with E-state index in [1.807, 2.05) is 66.4 Å². The van der Waals surface area contributed by atoms with Crippen molar-refractivity contribution in [1.29, 1.82) is 0 Å². The van der Waals surface area contributed by atoms with Crippen molar-refractivity contribution in [3.05, 3.63) is 60.2 Å². The molecule has 2 N–H and O–H groups in total. The van der Waals surface area contributed by atoms with Gasteiger partial charge in [-0.2, -0.15) is 0 Å². The van der Waals surface area contributed by atoms with Crippen LogP contribution in [0.3, 0.4) is 0 Å². The molecule has 0 bridgehead atoms. The molecule has 148 valence electrons. The van der Waals surface area contributed by atoms with E-state index in [2.05, 4.69) is 5.32 Å². The summed E-state index contributed by atoms with van der Waals surface area (Å²) in [5.74, 6) is 0.691. The SMILES string of the molecule is CCOc1ccccc1NC(=O)[C@H](c1ccccc1)[NH+]1CCN(C(C)=O)CC1. The number of rotatable bonds is 6. The number of quaternary nitrogens is 1. The highest BCUT2D eigenvalue weighted by Crippen LogP contribution is 2.25. The van der Waals surface area contributed by atoms with Crippen molar-refractivity contribution in [2.45, 2.75) is 19.9 Å². The van der Waals surface area contributed by atoms with E-state index in [1.54, 1.807) is 6.92 Å². The van der Waals surface area contributed by atoms with Crippen LogP contribution in [-0.2, 0) is 9.59 Å². The molecule has 1 aliphatic heterocycles. The molecular weight excluding hydrogens is 354 g/mol. The van der Waals surface area contributed by atoms with Gasteiger partial charge in [-0.05, 0) is 19.1 Å². The van der Waals surface area contributed by atoms with Gasteiger partial charge in [-0.15, -0.1) is 0 Å². The largest absolute Gasteiger partial charge is 0.492 e. The number of carbonyl (C=O) groups is 2. The lowest BCUT2D eigenvalue weighted by molar-refractivity contribution is -0.925. The molecule has 1 aliphatic rings. The van der Waals surface area contributed by atoms with E-state index in [4.69, 9.17) is 4.74 Å². The highest BCUT2D eigenvalue weighted by molar-refractivity contribution is 5.95. The highest BCUT2D eigenvalue weighted by atomic mass is 16.5. The van der Waals surface area contributed by atoms with Crippen molar-refractivity contribution in [2.24, 2.45) is 0 Å². The lowest BCUT2D eigenvalue weighted by atomic mass is 10.0. The van der Waals surface area contributed by atoms with Gasteiger partial charge >= 0.3 is 0 Å². The van der Waals surface area contributed by atoms with Crippen LogP contribution >= 0.6 is 0 Å². The molecule has 0 unspecified atom stereocenters. The molecule has 1 saturated heterocycles. The van der Waals surface area contributed by atoms with Crippen molar-refractivity contribution >= 4 is 17.5 Å². The van der Waals surface area contributed by atoms with Crippen molar-refractivity contribution in [3.8, 4) is 5.75 Å². The van der Waals surface area contributed by atoms with E-state index in [1.165, 1.54) is 0 Å². The van der Waals surface area contributed by atoms with Gasteiger partial charge in [-0.3, -0.25) is 9.59 Å². The van der Waals surface area contributed by atoms with Crippen molar-refractivity contribution in [3.63, 3.8) is 0 Å². The van der Waals surface area contributed by atoms with Crippen LogP contribution in [0.25, 0.3) is 0 Å². The monoisotopic (exact) mass is 382 g/mol. The first-order chi connectivity index (χ1) is 13.6. The number of para-hydroxylation sites is 2. The van der Waals surface area contributed by atoms with Crippen LogP contribution in [0, 0.1) is 0 Å². The molecule has 6 heteroatoms. The fourth-order valence-electron chi connectivity index (χ4n) is 3.67. The molecule has 2 aromatic carbocycles. The summed E-state index contributed by atoms with van der Waals surface area (Å²) in [6.45, 7) is 6.85. The molecular formula is C22H28N3O3+. The number of hydrogen-bond acceptors (Lipinski definition) is 3. The van der Waals surface area contributed by atoms with E-state index in [-0.39, 0.29) is 17.9 Å². The summed E-state index contributed by atoms with van der Waals surface area (Å²) in [6.07, 6.45) is 0. The second-order valence-corrected chi connectivity index (χ2v) is 6.93. The normalized spacial score (nSPS) is 15.7. The second-order valence-electron chi connectivity index (χ2n) is 6.93. The molecule has 0 radical (unpaired) electrons. The Morgan fingerprint density at radius 3 is 2.36 bits per heavy atom. The smallest absolute Gasteiger partial charge is 0.287 e. The van der Waals surface area contributed by atoms with E-state index in [0.29, 0.717) is 31.1 Å². The lowest BCUT2D eigenvalue weighted by Crippen LogP contribution is -3.16. The minimum absolute atomic E-state index is 0.0652. The molecule has 1 atom stereocenters. The molecule has 28 heavy (non-hydrogen) atoms. The number of nitrogens with one attached hydrogen (secondary N) is 2. The minimum atomic E-state index is -0.343. The quantitative estimate of drug-likeness (QED) is 0.796. The number of hydrogen-bond donors (Lipinski definition) is 2. The van der Waals surface area contributed by atoms with Crippen molar-refractivity contribution < 1.29 is 19.2 Å². The molecule has 6 nitrogen and oxygen atoms in total. The topological polar surface area (TPSA) is 63.1 Å². The molecule has 0 spiro atoms. The Labute approximate surface area is 166 Å². The molecule has 1 fully saturated rings. The maximum Gasteiger partial charge on any atom is 0.287 e. The van der Waals surface area contributed by atoms with Crippen LogP contribution < -0.4 is 15.0 Å². The van der Waals surface area contributed by atoms with E-state index in [9.17, 15) is 9.59 Å².